The fourth-order valence-electron chi connectivity index (χ4n) is 3.07. The van der Waals surface area contributed by atoms with E-state index >= 15 is 0 Å². The van der Waals surface area contributed by atoms with E-state index in [1.807, 2.05) is 52.4 Å². The molecule has 0 spiro atoms. The van der Waals surface area contributed by atoms with Crippen LogP contribution in [0.25, 0.3) is 22.6 Å². The maximum Gasteiger partial charge on any atom is 0.244 e. The third kappa shape index (κ3) is 3.61. The Morgan fingerprint density at radius 3 is 2.81 bits per heavy atom. The first-order valence-corrected chi connectivity index (χ1v) is 9.80. The normalized spacial score (nSPS) is 11.2. The molecular formula is C21H20N4OS. The van der Waals surface area contributed by atoms with Crippen molar-refractivity contribution in [3.05, 3.63) is 65.0 Å². The summed E-state index contributed by atoms with van der Waals surface area (Å²) in [6.45, 7) is 4.46. The number of rotatable bonds is 5. The Bertz CT molecular complexity index is 1080. The van der Waals surface area contributed by atoms with E-state index in [0.29, 0.717) is 11.7 Å². The monoisotopic (exact) mass is 376 g/mol. The number of thiazole rings is 1. The van der Waals surface area contributed by atoms with Crippen LogP contribution in [0.15, 0.2) is 59.4 Å². The van der Waals surface area contributed by atoms with E-state index in [2.05, 4.69) is 35.2 Å². The number of amides is 1. The average Bonchev–Trinajstić information content (AvgIpc) is 3.30. The summed E-state index contributed by atoms with van der Waals surface area (Å²) in [5.41, 5.74) is 6.35. The number of anilines is 1. The van der Waals surface area contributed by atoms with Gasteiger partial charge in [0, 0.05) is 11.1 Å². The molecule has 0 aliphatic carbocycles. The van der Waals surface area contributed by atoms with Crippen molar-refractivity contribution < 1.29 is 4.79 Å². The van der Waals surface area contributed by atoms with Gasteiger partial charge < -0.3 is 9.88 Å². The Morgan fingerprint density at radius 2 is 2.04 bits per heavy atom. The van der Waals surface area contributed by atoms with Crippen molar-refractivity contribution in [3.8, 4) is 11.5 Å². The quantitative estimate of drug-likeness (QED) is 0.538. The Kier molecular flexibility index (Phi) is 4.73. The summed E-state index contributed by atoms with van der Waals surface area (Å²) in [6.07, 6.45) is 0. The van der Waals surface area contributed by atoms with Gasteiger partial charge >= 0.3 is 0 Å². The minimum atomic E-state index is -0.0875. The third-order valence-corrected chi connectivity index (χ3v) is 5.04. The highest BCUT2D eigenvalue weighted by Gasteiger charge is 2.16. The summed E-state index contributed by atoms with van der Waals surface area (Å²) in [5.74, 6) is 1.04. The predicted molar refractivity (Wildman–Crippen MR) is 110 cm³/mol. The molecule has 1 amide bonds. The second-order valence-corrected chi connectivity index (χ2v) is 7.43. The molecule has 0 saturated carbocycles. The number of nitrogens with zero attached hydrogens (tertiary/aromatic N) is 3. The number of aromatic nitrogens is 3. The summed E-state index contributed by atoms with van der Waals surface area (Å²) in [5, 5.41) is 4.95. The number of hydrogen-bond acceptors (Lipinski definition) is 4. The highest BCUT2D eigenvalue weighted by atomic mass is 32.1. The molecule has 0 unspecified atom stereocenters. The van der Waals surface area contributed by atoms with E-state index in [9.17, 15) is 4.79 Å². The first-order valence-electron chi connectivity index (χ1n) is 8.85. The molecule has 0 bridgehead atoms. The maximum absolute atomic E-state index is 12.7. The van der Waals surface area contributed by atoms with Gasteiger partial charge in [-0.05, 0) is 35.7 Å². The molecule has 2 aromatic carbocycles. The van der Waals surface area contributed by atoms with E-state index < -0.39 is 0 Å². The van der Waals surface area contributed by atoms with Crippen molar-refractivity contribution >= 4 is 34.0 Å². The van der Waals surface area contributed by atoms with Gasteiger partial charge in [-0.15, -0.1) is 11.3 Å². The number of carbonyl (C=O) groups excluding carboxylic acids is 1. The average molecular weight is 376 g/mol. The lowest BCUT2D eigenvalue weighted by Crippen LogP contribution is -2.19. The van der Waals surface area contributed by atoms with E-state index in [1.165, 1.54) is 16.9 Å². The number of imidazole rings is 1. The predicted octanol–water partition coefficient (Wildman–Crippen LogP) is 4.92. The highest BCUT2D eigenvalue weighted by molar-refractivity contribution is 7.07. The van der Waals surface area contributed by atoms with Crippen molar-refractivity contribution in [2.24, 2.45) is 0 Å². The van der Waals surface area contributed by atoms with Gasteiger partial charge in [0.1, 0.15) is 12.2 Å². The highest BCUT2D eigenvalue weighted by Crippen LogP contribution is 2.25. The fourth-order valence-corrected chi connectivity index (χ4v) is 3.60. The second-order valence-electron chi connectivity index (χ2n) is 6.71. The molecule has 1 N–H and O–H groups in total. The van der Waals surface area contributed by atoms with Gasteiger partial charge in [-0.2, -0.15) is 0 Å². The third-order valence-electron chi connectivity index (χ3n) is 4.45. The largest absolute Gasteiger partial charge is 0.325 e. The number of carbonyl (C=O) groups is 1. The summed E-state index contributed by atoms with van der Waals surface area (Å²) >= 11 is 1.51. The van der Waals surface area contributed by atoms with Crippen LogP contribution in [0.5, 0.6) is 0 Å². The van der Waals surface area contributed by atoms with Gasteiger partial charge in [0.2, 0.25) is 5.91 Å². The first kappa shape index (κ1) is 17.4. The lowest BCUT2D eigenvalue weighted by Gasteiger charge is -2.11. The topological polar surface area (TPSA) is 59.8 Å². The second kappa shape index (κ2) is 7.32. The molecule has 0 aliphatic heterocycles. The van der Waals surface area contributed by atoms with Crippen LogP contribution in [0, 0.1) is 0 Å². The zero-order chi connectivity index (χ0) is 18.8. The van der Waals surface area contributed by atoms with E-state index in [4.69, 9.17) is 0 Å². The van der Waals surface area contributed by atoms with E-state index in [-0.39, 0.29) is 12.5 Å². The zero-order valence-corrected chi connectivity index (χ0v) is 16.0. The number of nitrogens with one attached hydrogen (secondary N) is 1. The molecule has 6 heteroatoms. The molecule has 0 saturated heterocycles. The van der Waals surface area contributed by atoms with E-state index in [0.717, 1.165) is 22.4 Å². The fraction of sp³-hybridized carbons (Fsp3) is 0.190. The molecule has 0 radical (unpaired) electrons. The van der Waals surface area contributed by atoms with Gasteiger partial charge in [0.25, 0.3) is 0 Å². The van der Waals surface area contributed by atoms with Crippen molar-refractivity contribution in [3.63, 3.8) is 0 Å². The van der Waals surface area contributed by atoms with Crippen molar-refractivity contribution in [1.82, 2.24) is 14.5 Å². The van der Waals surface area contributed by atoms with Gasteiger partial charge in [-0.3, -0.25) is 4.79 Å². The number of fused-ring (bicyclic) bond motifs is 1. The minimum absolute atomic E-state index is 0.0875. The summed E-state index contributed by atoms with van der Waals surface area (Å²) in [6, 6.07) is 15.8. The van der Waals surface area contributed by atoms with Crippen molar-refractivity contribution in [2.45, 2.75) is 26.3 Å². The smallest absolute Gasteiger partial charge is 0.244 e. The minimum Gasteiger partial charge on any atom is -0.325 e. The van der Waals surface area contributed by atoms with Gasteiger partial charge in [-0.1, -0.05) is 38.1 Å². The Balaban J connectivity index is 1.64. The van der Waals surface area contributed by atoms with Crippen LogP contribution in [0.1, 0.15) is 25.3 Å². The van der Waals surface area contributed by atoms with Crippen LogP contribution in [-0.2, 0) is 11.3 Å². The van der Waals surface area contributed by atoms with Crippen LogP contribution in [0.4, 0.5) is 5.69 Å². The Morgan fingerprint density at radius 1 is 1.19 bits per heavy atom. The van der Waals surface area contributed by atoms with Crippen LogP contribution in [0.3, 0.4) is 0 Å². The summed E-state index contributed by atoms with van der Waals surface area (Å²) in [4.78, 5) is 21.8. The Hall–Kier alpha value is -2.99. The zero-order valence-electron chi connectivity index (χ0n) is 15.2. The molecule has 136 valence electrons. The van der Waals surface area contributed by atoms with Crippen LogP contribution >= 0.6 is 11.3 Å². The van der Waals surface area contributed by atoms with Gasteiger partial charge in [0.15, 0.2) is 5.82 Å². The lowest BCUT2D eigenvalue weighted by molar-refractivity contribution is -0.116. The molecule has 2 aromatic heterocycles. The molecule has 0 fully saturated rings. The van der Waals surface area contributed by atoms with Crippen molar-refractivity contribution in [1.29, 1.82) is 0 Å². The Labute approximate surface area is 161 Å². The molecule has 4 aromatic rings. The maximum atomic E-state index is 12.7. The standard InChI is InChI=1S/C21H20N4OS/c1-14(2)15-6-5-7-16(10-15)23-20(26)11-25-19-9-4-3-8-17(19)24-21(25)18-12-27-13-22-18/h3-10,12-14H,11H2,1-2H3,(H,23,26). The van der Waals surface area contributed by atoms with Crippen LogP contribution < -0.4 is 5.32 Å². The SMILES string of the molecule is CC(C)c1cccc(NC(=O)Cn2c(-c3cscn3)nc3ccccc32)c1. The van der Waals surface area contributed by atoms with E-state index in [1.54, 1.807) is 5.51 Å². The summed E-state index contributed by atoms with van der Waals surface area (Å²) < 4.78 is 1.92. The van der Waals surface area contributed by atoms with Gasteiger partial charge in [-0.25, -0.2) is 9.97 Å². The molecular weight excluding hydrogens is 356 g/mol. The number of para-hydroxylation sites is 2. The van der Waals surface area contributed by atoms with Crippen molar-refractivity contribution in [2.75, 3.05) is 5.32 Å². The first-order chi connectivity index (χ1) is 13.1. The summed E-state index contributed by atoms with van der Waals surface area (Å²) in [7, 11) is 0. The number of benzene rings is 2. The molecule has 27 heavy (non-hydrogen) atoms. The van der Waals surface area contributed by atoms with Crippen LogP contribution in [0.2, 0.25) is 0 Å². The molecule has 5 nitrogen and oxygen atoms in total. The molecule has 0 atom stereocenters. The molecule has 0 aliphatic rings. The molecule has 2 heterocycles. The van der Waals surface area contributed by atoms with Crippen LogP contribution in [-0.4, -0.2) is 20.4 Å². The van der Waals surface area contributed by atoms with Gasteiger partial charge in [0.05, 0.1) is 16.5 Å². The molecule has 4 rings (SSSR count). The number of hydrogen-bond donors (Lipinski definition) is 1. The lowest BCUT2D eigenvalue weighted by atomic mass is 10.0.